The van der Waals surface area contributed by atoms with Gasteiger partial charge in [0.2, 0.25) is 5.91 Å². The van der Waals surface area contributed by atoms with E-state index in [-0.39, 0.29) is 31.3 Å². The highest BCUT2D eigenvalue weighted by atomic mass is 16.6. The minimum atomic E-state index is -1.21. The van der Waals surface area contributed by atoms with Gasteiger partial charge in [0.1, 0.15) is 23.3 Å². The van der Waals surface area contributed by atoms with E-state index in [1.54, 1.807) is 41.5 Å². The molecule has 4 atom stereocenters. The number of rotatable bonds is 15. The van der Waals surface area contributed by atoms with E-state index in [1.165, 1.54) is 4.90 Å². The summed E-state index contributed by atoms with van der Waals surface area (Å²) < 4.78 is 11.0. The number of urea groups is 1. The molecule has 0 saturated heterocycles. The van der Waals surface area contributed by atoms with Gasteiger partial charge in [0.05, 0.1) is 18.7 Å². The van der Waals surface area contributed by atoms with Crippen molar-refractivity contribution < 1.29 is 33.8 Å². The lowest BCUT2D eigenvalue weighted by molar-refractivity contribution is -0.160. The second kappa shape index (κ2) is 18.6. The standard InChI is InChI=1S/C38H58N4O7/c1-25(2)21-30(33(44)41-32(26(3)4)34(45)48-37(5,6)7)39-35(46)42(23-28-19-15-12-16-20-28)24-31(43)29(22-27-17-13-11-14-18-27)40-36(47)49-38(8,9)10/h11-20,25-26,29-32,43H,21-24H2,1-10H3,(H,39,46)(H,40,47)(H,41,44)/t29-,30-,31+,32-/m0/s1. The van der Waals surface area contributed by atoms with Gasteiger partial charge in [-0.2, -0.15) is 0 Å². The Morgan fingerprint density at radius 3 is 1.78 bits per heavy atom. The van der Waals surface area contributed by atoms with Gasteiger partial charge in [-0.1, -0.05) is 88.4 Å². The Morgan fingerprint density at radius 2 is 1.29 bits per heavy atom. The first-order chi connectivity index (χ1) is 22.7. The Kier molecular flexibility index (Phi) is 15.6. The number of amides is 4. The smallest absolute Gasteiger partial charge is 0.407 e. The molecular formula is C38H58N4O7. The van der Waals surface area contributed by atoms with Crippen LogP contribution in [0.5, 0.6) is 0 Å². The zero-order valence-corrected chi connectivity index (χ0v) is 30.9. The Balaban J connectivity index is 2.37. The number of carbonyl (C=O) groups excluding carboxylic acids is 4. The largest absolute Gasteiger partial charge is 0.458 e. The maximum absolute atomic E-state index is 14.0. The first-order valence-corrected chi connectivity index (χ1v) is 17.1. The lowest BCUT2D eigenvalue weighted by Crippen LogP contribution is -2.57. The van der Waals surface area contributed by atoms with Crippen molar-refractivity contribution in [3.63, 3.8) is 0 Å². The van der Waals surface area contributed by atoms with Crippen LogP contribution in [0.1, 0.15) is 86.8 Å². The van der Waals surface area contributed by atoms with Crippen LogP contribution in [0.2, 0.25) is 0 Å². The third-order valence-electron chi connectivity index (χ3n) is 7.32. The van der Waals surface area contributed by atoms with E-state index in [4.69, 9.17) is 9.47 Å². The molecule has 11 heteroatoms. The van der Waals surface area contributed by atoms with Crippen LogP contribution in [0, 0.1) is 11.8 Å². The van der Waals surface area contributed by atoms with Crippen molar-refractivity contribution in [2.75, 3.05) is 6.54 Å². The number of ether oxygens (including phenoxy) is 2. The Hall–Kier alpha value is -4.12. The summed E-state index contributed by atoms with van der Waals surface area (Å²) >= 11 is 0. The molecule has 0 aliphatic carbocycles. The molecule has 0 aliphatic rings. The summed E-state index contributed by atoms with van der Waals surface area (Å²) in [6.45, 7) is 18.0. The van der Waals surface area contributed by atoms with Crippen molar-refractivity contribution in [1.29, 1.82) is 0 Å². The van der Waals surface area contributed by atoms with E-state index in [2.05, 4.69) is 16.0 Å². The average Bonchev–Trinajstić information content (AvgIpc) is 2.97. The Morgan fingerprint density at radius 1 is 0.755 bits per heavy atom. The fourth-order valence-corrected chi connectivity index (χ4v) is 5.05. The van der Waals surface area contributed by atoms with Crippen LogP contribution in [-0.4, -0.2) is 76.0 Å². The van der Waals surface area contributed by atoms with Crippen molar-refractivity contribution in [2.45, 2.75) is 124 Å². The number of hydrogen-bond acceptors (Lipinski definition) is 7. The minimum absolute atomic E-state index is 0.0246. The van der Waals surface area contributed by atoms with Gasteiger partial charge in [-0.15, -0.1) is 0 Å². The van der Waals surface area contributed by atoms with Crippen molar-refractivity contribution in [3.8, 4) is 0 Å². The van der Waals surface area contributed by atoms with Crippen molar-refractivity contribution in [1.82, 2.24) is 20.9 Å². The number of aliphatic hydroxyl groups is 1. The van der Waals surface area contributed by atoms with Gasteiger partial charge in [0, 0.05) is 6.54 Å². The van der Waals surface area contributed by atoms with Gasteiger partial charge in [-0.3, -0.25) is 4.79 Å². The van der Waals surface area contributed by atoms with Gasteiger partial charge < -0.3 is 35.4 Å². The Labute approximate surface area is 292 Å². The molecule has 11 nitrogen and oxygen atoms in total. The number of nitrogens with one attached hydrogen (secondary N) is 3. The molecule has 49 heavy (non-hydrogen) atoms. The molecule has 272 valence electrons. The maximum atomic E-state index is 14.0. The topological polar surface area (TPSA) is 146 Å². The minimum Gasteiger partial charge on any atom is -0.458 e. The second-order valence-corrected chi connectivity index (χ2v) is 15.3. The molecule has 4 amide bonds. The van der Waals surface area contributed by atoms with Gasteiger partial charge in [0.15, 0.2) is 0 Å². The number of esters is 1. The van der Waals surface area contributed by atoms with E-state index < -0.39 is 59.4 Å². The number of benzene rings is 2. The highest BCUT2D eigenvalue weighted by Crippen LogP contribution is 2.16. The summed E-state index contributed by atoms with van der Waals surface area (Å²) in [6.07, 6.45) is -1.32. The highest BCUT2D eigenvalue weighted by molar-refractivity contribution is 5.90. The van der Waals surface area contributed by atoms with Gasteiger partial charge in [0.25, 0.3) is 0 Å². The molecule has 0 aromatic heterocycles. The van der Waals surface area contributed by atoms with E-state index in [1.807, 2.05) is 88.4 Å². The molecular weight excluding hydrogens is 624 g/mol. The van der Waals surface area contributed by atoms with Crippen LogP contribution < -0.4 is 16.0 Å². The maximum Gasteiger partial charge on any atom is 0.407 e. The zero-order valence-electron chi connectivity index (χ0n) is 30.9. The van der Waals surface area contributed by atoms with Crippen molar-refractivity contribution in [2.24, 2.45) is 11.8 Å². The first-order valence-electron chi connectivity index (χ1n) is 17.1. The summed E-state index contributed by atoms with van der Waals surface area (Å²) in [7, 11) is 0. The number of nitrogens with zero attached hydrogens (tertiary/aromatic N) is 1. The van der Waals surface area contributed by atoms with Crippen molar-refractivity contribution >= 4 is 24.0 Å². The molecule has 0 unspecified atom stereocenters. The van der Waals surface area contributed by atoms with Crippen LogP contribution in [-0.2, 0) is 32.0 Å². The number of hydrogen-bond donors (Lipinski definition) is 4. The summed E-state index contributed by atoms with van der Waals surface area (Å²) in [4.78, 5) is 55.0. The highest BCUT2D eigenvalue weighted by Gasteiger charge is 2.34. The average molecular weight is 683 g/mol. The Bertz CT molecular complexity index is 1340. The second-order valence-electron chi connectivity index (χ2n) is 15.3. The SMILES string of the molecule is CC(C)C[C@H](NC(=O)N(Cc1ccccc1)C[C@@H](O)[C@H](Cc1ccccc1)NC(=O)OC(C)(C)C)C(=O)N[C@H](C(=O)OC(C)(C)C)C(C)C. The zero-order chi connectivity index (χ0) is 36.9. The lowest BCUT2D eigenvalue weighted by Gasteiger charge is -2.33. The normalized spacial score (nSPS) is 14.3. The first kappa shape index (κ1) is 41.1. The van der Waals surface area contributed by atoms with Crippen LogP contribution in [0.15, 0.2) is 60.7 Å². The van der Waals surface area contributed by atoms with E-state index in [0.29, 0.717) is 6.42 Å². The van der Waals surface area contributed by atoms with Crippen molar-refractivity contribution in [3.05, 3.63) is 71.8 Å². The molecule has 2 aromatic rings. The quantitative estimate of drug-likeness (QED) is 0.179. The summed E-state index contributed by atoms with van der Waals surface area (Å²) in [5.41, 5.74) is 0.185. The molecule has 4 N–H and O–H groups in total. The molecule has 0 bridgehead atoms. The van der Waals surface area contributed by atoms with Gasteiger partial charge in [-0.05, 0) is 77.3 Å². The van der Waals surface area contributed by atoms with Crippen LogP contribution >= 0.6 is 0 Å². The molecule has 0 radical (unpaired) electrons. The van der Waals surface area contributed by atoms with Gasteiger partial charge >= 0.3 is 18.1 Å². The third kappa shape index (κ3) is 15.8. The third-order valence-corrected chi connectivity index (χ3v) is 7.32. The van der Waals surface area contributed by atoms with E-state index >= 15 is 0 Å². The van der Waals surface area contributed by atoms with E-state index in [0.717, 1.165) is 11.1 Å². The molecule has 0 aliphatic heterocycles. The van der Waals surface area contributed by atoms with Crippen LogP contribution in [0.3, 0.4) is 0 Å². The molecule has 0 heterocycles. The predicted molar refractivity (Wildman–Crippen MR) is 191 cm³/mol. The monoisotopic (exact) mass is 682 g/mol. The van der Waals surface area contributed by atoms with Crippen LogP contribution in [0.25, 0.3) is 0 Å². The fourth-order valence-electron chi connectivity index (χ4n) is 5.05. The summed E-state index contributed by atoms with van der Waals surface area (Å²) in [5.74, 6) is -1.31. The molecule has 2 aromatic carbocycles. The number of alkyl carbamates (subject to hydrolysis) is 1. The molecule has 0 fully saturated rings. The summed E-state index contributed by atoms with van der Waals surface area (Å²) in [6, 6.07) is 15.4. The lowest BCUT2D eigenvalue weighted by atomic mass is 10.00. The van der Waals surface area contributed by atoms with E-state index in [9.17, 15) is 24.3 Å². The number of carbonyl (C=O) groups is 4. The van der Waals surface area contributed by atoms with Gasteiger partial charge in [-0.25, -0.2) is 14.4 Å². The predicted octanol–water partition coefficient (Wildman–Crippen LogP) is 5.59. The molecule has 2 rings (SSSR count). The number of aliphatic hydroxyl groups excluding tert-OH is 1. The molecule has 0 spiro atoms. The summed E-state index contributed by atoms with van der Waals surface area (Å²) in [5, 5.41) is 20.1. The van der Waals surface area contributed by atoms with Crippen LogP contribution in [0.4, 0.5) is 9.59 Å². The fraction of sp³-hybridized carbons (Fsp3) is 0.579. The molecule has 0 saturated carbocycles.